The van der Waals surface area contributed by atoms with Gasteiger partial charge in [-0.05, 0) is 0 Å². The Labute approximate surface area is 165 Å². The zero-order valence-electron chi connectivity index (χ0n) is 14.1. The van der Waals surface area contributed by atoms with Gasteiger partial charge in [-0.25, -0.2) is 4.39 Å². The molecule has 2 rings (SSSR count). The maximum absolute atomic E-state index is 15.2. The summed E-state index contributed by atoms with van der Waals surface area (Å²) in [6, 6.07) is 0. The third-order valence-corrected chi connectivity index (χ3v) is 5.99. The summed E-state index contributed by atoms with van der Waals surface area (Å²) in [5, 5.41) is 9.17. The molecule has 0 aromatic rings. The lowest BCUT2D eigenvalue weighted by molar-refractivity contribution is -0.464. The van der Waals surface area contributed by atoms with Gasteiger partial charge in [0.25, 0.3) is 0 Å². The number of alkyl halides is 20. The Morgan fingerprint density at radius 3 is 0.939 bits per heavy atom. The normalized spacial score (nSPS) is 35.7. The first-order valence-corrected chi connectivity index (χ1v) is 7.37. The van der Waals surface area contributed by atoms with Gasteiger partial charge in [0.1, 0.15) is 6.10 Å². The molecule has 0 aliphatic heterocycles. The fourth-order valence-corrected chi connectivity index (χ4v) is 5.05. The Bertz CT molecular complexity index is 792. The van der Waals surface area contributed by atoms with Gasteiger partial charge in [0.2, 0.25) is 16.5 Å². The summed E-state index contributed by atoms with van der Waals surface area (Å²) in [4.78, 5) is 0. The summed E-state index contributed by atoms with van der Waals surface area (Å²) in [5.74, 6) is -17.0. The van der Waals surface area contributed by atoms with Gasteiger partial charge in [-0.15, -0.1) is 0 Å². The van der Waals surface area contributed by atoms with Crippen LogP contribution in [-0.4, -0.2) is 59.6 Å². The van der Waals surface area contributed by atoms with Crippen molar-refractivity contribution in [2.45, 2.75) is 54.5 Å². The van der Waals surface area contributed by atoms with Gasteiger partial charge in [0.05, 0.1) is 0 Å². The molecule has 2 aliphatic carbocycles. The Kier molecular flexibility index (Phi) is 4.93. The van der Waals surface area contributed by atoms with E-state index in [0.717, 1.165) is 0 Å². The fourth-order valence-electron chi connectivity index (χ4n) is 5.05. The minimum atomic E-state index is -8.96. The van der Waals surface area contributed by atoms with Gasteiger partial charge in [-0.2, -0.15) is 83.4 Å². The van der Waals surface area contributed by atoms with Crippen molar-refractivity contribution in [2.75, 3.05) is 0 Å². The SMILES string of the molecule is OC1C(C(F)(F)F)(C(F)(F)F)C2(F)C(F)(F)C(F)(F)C1(C(F)(F)F)C2(C(F)(F)F)C(F)(F)F. The number of halogens is 20. The zero-order valence-corrected chi connectivity index (χ0v) is 14.1. The lowest BCUT2D eigenvalue weighted by Gasteiger charge is -2.52. The maximum Gasteiger partial charge on any atom is 0.409 e. The van der Waals surface area contributed by atoms with Crippen molar-refractivity contribution in [3.63, 3.8) is 0 Å². The molecule has 3 atom stereocenters. The van der Waals surface area contributed by atoms with E-state index in [9.17, 15) is 83.4 Å². The summed E-state index contributed by atoms with van der Waals surface area (Å²) >= 11 is 0. The Balaban J connectivity index is 3.61. The van der Waals surface area contributed by atoms with Crippen molar-refractivity contribution in [1.29, 1.82) is 0 Å². The first kappa shape index (κ1) is 27.8. The molecule has 2 aliphatic rings. The molecule has 196 valence electrons. The lowest BCUT2D eigenvalue weighted by atomic mass is 9.61. The predicted octanol–water partition coefficient (Wildman–Crippen LogP) is 6.12. The van der Waals surface area contributed by atoms with Gasteiger partial charge >= 0.3 is 42.7 Å². The van der Waals surface area contributed by atoms with Crippen LogP contribution in [0.3, 0.4) is 0 Å². The molecule has 1 N–H and O–H groups in total. The standard InChI is InChI=1S/C12H2F20O/c13-5-3(9(21,22)23,10(24,25)26)1(33)2(8(18,19)20,6(14,15)7(5,16)17)4(5,11(27,28)29)12(30,31)32/h1,33H. The van der Waals surface area contributed by atoms with Crippen LogP contribution in [0.1, 0.15) is 0 Å². The first-order chi connectivity index (χ1) is 13.9. The van der Waals surface area contributed by atoms with Gasteiger partial charge < -0.3 is 5.11 Å². The number of aliphatic hydroxyl groups excluding tert-OH is 1. The van der Waals surface area contributed by atoms with Crippen LogP contribution in [0, 0.1) is 16.2 Å². The van der Waals surface area contributed by atoms with Crippen LogP contribution in [-0.2, 0) is 0 Å². The van der Waals surface area contributed by atoms with E-state index in [-0.39, 0.29) is 0 Å². The molecule has 2 bridgehead atoms. The van der Waals surface area contributed by atoms with Gasteiger partial charge in [0, 0.05) is 0 Å². The largest absolute Gasteiger partial charge is 0.409 e. The molecule has 0 aromatic heterocycles. The number of aliphatic hydroxyl groups is 1. The highest BCUT2D eigenvalue weighted by atomic mass is 19.4. The summed E-state index contributed by atoms with van der Waals surface area (Å²) in [5.41, 5.74) is -34.7. The van der Waals surface area contributed by atoms with E-state index in [0.29, 0.717) is 0 Å². The van der Waals surface area contributed by atoms with E-state index < -0.39 is 70.7 Å². The molecule has 0 aromatic carbocycles. The van der Waals surface area contributed by atoms with Crippen molar-refractivity contribution in [2.24, 2.45) is 16.2 Å². The Hall–Kier alpha value is -1.44. The highest BCUT2D eigenvalue weighted by Gasteiger charge is 3.22. The van der Waals surface area contributed by atoms with Gasteiger partial charge in [0.15, 0.2) is 5.41 Å². The molecule has 0 spiro atoms. The molecule has 1 nitrogen and oxygen atoms in total. The van der Waals surface area contributed by atoms with Crippen molar-refractivity contribution in [1.82, 2.24) is 0 Å². The number of fused-ring (bicyclic) bond motifs is 2. The summed E-state index contributed by atoms with van der Waals surface area (Å²) < 4.78 is 273. The molecule has 3 unspecified atom stereocenters. The molecule has 0 saturated heterocycles. The molecule has 2 saturated carbocycles. The first-order valence-electron chi connectivity index (χ1n) is 7.37. The van der Waals surface area contributed by atoms with Crippen LogP contribution in [0.5, 0.6) is 0 Å². The maximum atomic E-state index is 15.2. The molecule has 0 radical (unpaired) electrons. The van der Waals surface area contributed by atoms with Crippen molar-refractivity contribution in [3.8, 4) is 0 Å². The average Bonchev–Trinajstić information content (AvgIpc) is 2.70. The minimum Gasteiger partial charge on any atom is -0.390 e. The summed E-state index contributed by atoms with van der Waals surface area (Å²) in [6.07, 6.45) is -49.6. The quantitative estimate of drug-likeness (QED) is 0.366. The lowest BCUT2D eigenvalue weighted by Crippen LogP contribution is -2.79. The van der Waals surface area contributed by atoms with E-state index in [2.05, 4.69) is 0 Å². The van der Waals surface area contributed by atoms with E-state index >= 15 is 4.39 Å². The molecule has 33 heavy (non-hydrogen) atoms. The topological polar surface area (TPSA) is 20.2 Å². The molecule has 0 heterocycles. The highest BCUT2D eigenvalue weighted by molar-refractivity contribution is 5.49. The van der Waals surface area contributed by atoms with Crippen molar-refractivity contribution < 1.29 is 92.9 Å². The van der Waals surface area contributed by atoms with E-state index in [1.807, 2.05) is 0 Å². The molecule has 21 heteroatoms. The van der Waals surface area contributed by atoms with E-state index in [4.69, 9.17) is 5.11 Å². The molecule has 2 fully saturated rings. The van der Waals surface area contributed by atoms with Crippen molar-refractivity contribution in [3.05, 3.63) is 0 Å². The number of hydrogen-bond acceptors (Lipinski definition) is 1. The Morgan fingerprint density at radius 2 is 0.758 bits per heavy atom. The second kappa shape index (κ2) is 5.85. The summed E-state index contributed by atoms with van der Waals surface area (Å²) in [6.45, 7) is 0. The summed E-state index contributed by atoms with van der Waals surface area (Å²) in [7, 11) is 0. The minimum absolute atomic E-state index is 6.85. The third-order valence-electron chi connectivity index (χ3n) is 5.99. The van der Waals surface area contributed by atoms with Crippen LogP contribution in [0.25, 0.3) is 0 Å². The predicted molar refractivity (Wildman–Crippen MR) is 57.3 cm³/mol. The number of rotatable bonds is 0. The third kappa shape index (κ3) is 2.08. The van der Waals surface area contributed by atoms with E-state index in [1.54, 1.807) is 0 Å². The van der Waals surface area contributed by atoms with Crippen LogP contribution in [0.4, 0.5) is 87.8 Å². The monoisotopic (exact) mass is 542 g/mol. The highest BCUT2D eigenvalue weighted by Crippen LogP contribution is 2.95. The van der Waals surface area contributed by atoms with Crippen molar-refractivity contribution >= 4 is 0 Å². The molecular formula is C12H2F20O. The van der Waals surface area contributed by atoms with Crippen LogP contribution in [0.2, 0.25) is 0 Å². The molecule has 0 amide bonds. The van der Waals surface area contributed by atoms with E-state index in [1.165, 1.54) is 0 Å². The van der Waals surface area contributed by atoms with Crippen LogP contribution in [0.15, 0.2) is 0 Å². The van der Waals surface area contributed by atoms with Gasteiger partial charge in [-0.1, -0.05) is 0 Å². The van der Waals surface area contributed by atoms with Crippen LogP contribution >= 0.6 is 0 Å². The molecular weight excluding hydrogens is 540 g/mol. The zero-order chi connectivity index (χ0) is 27.1. The fraction of sp³-hybridized carbons (Fsp3) is 1.00. The second-order valence-electron chi connectivity index (χ2n) is 7.06. The van der Waals surface area contributed by atoms with Crippen LogP contribution < -0.4 is 0 Å². The average molecular weight is 542 g/mol. The number of hydrogen-bond donors (Lipinski definition) is 1. The Morgan fingerprint density at radius 1 is 0.455 bits per heavy atom. The van der Waals surface area contributed by atoms with Gasteiger partial charge in [-0.3, -0.25) is 0 Å². The smallest absolute Gasteiger partial charge is 0.390 e. The second-order valence-corrected chi connectivity index (χ2v) is 7.06.